The van der Waals surface area contributed by atoms with Crippen LogP contribution in [0.4, 0.5) is 22.9 Å². The molecule has 1 saturated heterocycles. The van der Waals surface area contributed by atoms with Crippen LogP contribution in [0.3, 0.4) is 0 Å². The summed E-state index contributed by atoms with van der Waals surface area (Å²) in [7, 11) is 8.09. The van der Waals surface area contributed by atoms with E-state index in [9.17, 15) is 24.0 Å². The van der Waals surface area contributed by atoms with E-state index in [1.165, 1.54) is 36.0 Å². The minimum atomic E-state index is -0.562. The molecule has 0 radical (unpaired) electrons. The Bertz CT molecular complexity index is 2870. The molecular formula is C44H44N10O8S. The second-order valence-electron chi connectivity index (χ2n) is 15.1. The number of aromatic nitrogens is 5. The summed E-state index contributed by atoms with van der Waals surface area (Å²) in [5.41, 5.74) is 3.97. The summed E-state index contributed by atoms with van der Waals surface area (Å²) in [5, 5.41) is 9.21. The van der Waals surface area contributed by atoms with Gasteiger partial charge in [-0.3, -0.25) is 33.5 Å². The van der Waals surface area contributed by atoms with Gasteiger partial charge in [0, 0.05) is 93.5 Å². The van der Waals surface area contributed by atoms with Crippen molar-refractivity contribution in [3.63, 3.8) is 0 Å². The first kappa shape index (κ1) is 42.3. The number of aliphatic imine (C=N–C) groups is 1. The van der Waals surface area contributed by atoms with Crippen molar-refractivity contribution in [2.24, 2.45) is 26.1 Å². The number of hydrogen-bond acceptors (Lipinski definition) is 11. The Hall–Kier alpha value is -7.38. The molecule has 8 rings (SSSR count). The van der Waals surface area contributed by atoms with E-state index in [-0.39, 0.29) is 54.1 Å². The van der Waals surface area contributed by atoms with Crippen LogP contribution in [0.2, 0.25) is 0 Å². The molecular weight excluding hydrogens is 829 g/mol. The smallest absolute Gasteiger partial charge is 0.291 e. The molecule has 18 nitrogen and oxygen atoms in total. The molecule has 0 aliphatic carbocycles. The molecule has 2 aliphatic rings. The van der Waals surface area contributed by atoms with Gasteiger partial charge >= 0.3 is 0 Å². The van der Waals surface area contributed by atoms with E-state index in [0.717, 1.165) is 21.4 Å². The molecule has 0 saturated carbocycles. The number of nitrogens with zero attached hydrogens (tertiary/aromatic N) is 7. The van der Waals surface area contributed by atoms with Gasteiger partial charge in [0.1, 0.15) is 11.4 Å². The van der Waals surface area contributed by atoms with Gasteiger partial charge in [0.2, 0.25) is 11.7 Å². The number of hydrogen-bond donors (Lipinski definition) is 3. The van der Waals surface area contributed by atoms with E-state index in [1.54, 1.807) is 89.9 Å². The number of carbonyl (C=O) groups is 5. The van der Waals surface area contributed by atoms with Crippen molar-refractivity contribution in [3.8, 4) is 11.5 Å². The molecule has 0 unspecified atom stereocenters. The number of amides is 4. The van der Waals surface area contributed by atoms with E-state index in [4.69, 9.17) is 13.7 Å². The first-order valence-electron chi connectivity index (χ1n) is 19.8. The maximum absolute atomic E-state index is 13.6. The third-order valence-corrected chi connectivity index (χ3v) is 11.3. The first-order valence-corrected chi connectivity index (χ1v) is 20.6. The molecule has 1 atom stereocenters. The van der Waals surface area contributed by atoms with Crippen LogP contribution < -0.4 is 25.4 Å². The average molecular weight is 873 g/mol. The molecule has 4 amide bonds. The van der Waals surface area contributed by atoms with Crippen LogP contribution in [0.25, 0.3) is 10.9 Å². The molecule has 63 heavy (non-hydrogen) atoms. The molecule has 3 N–H and O–H groups in total. The van der Waals surface area contributed by atoms with Gasteiger partial charge in [0.25, 0.3) is 23.6 Å². The van der Waals surface area contributed by atoms with E-state index in [2.05, 4.69) is 32.5 Å². The lowest BCUT2D eigenvalue weighted by atomic mass is 10.1. The quantitative estimate of drug-likeness (QED) is 0.0645. The molecule has 4 aromatic heterocycles. The highest BCUT2D eigenvalue weighted by Gasteiger charge is 2.34. The molecule has 6 aromatic rings. The molecule has 6 heterocycles. The minimum absolute atomic E-state index is 0.0246. The zero-order valence-corrected chi connectivity index (χ0v) is 35.9. The van der Waals surface area contributed by atoms with E-state index in [1.807, 2.05) is 24.3 Å². The SMILES string of the molecule is C=C1C[C@H]2C=Nc3cc(OCCCC(=O)Nc4cn(C)c(C(=O)Nc5cc(C(=O)Nc6cc(C(=O)n7ccc8cc(SOC)ccc87)n(C)c6)n(C)c5)n4)c(OC)cc3C(=O)N2C1. The fraction of sp³-hybridized carbons (Fsp3) is 0.250. The van der Waals surface area contributed by atoms with Crippen LogP contribution in [-0.2, 0) is 30.1 Å². The molecule has 0 spiro atoms. The van der Waals surface area contributed by atoms with Gasteiger partial charge in [-0.15, -0.1) is 0 Å². The van der Waals surface area contributed by atoms with Gasteiger partial charge < -0.3 is 48.2 Å². The fourth-order valence-corrected chi connectivity index (χ4v) is 8.11. The summed E-state index contributed by atoms with van der Waals surface area (Å²) in [4.78, 5) is 77.9. The van der Waals surface area contributed by atoms with E-state index in [0.29, 0.717) is 59.2 Å². The number of fused-ring (bicyclic) bond motifs is 3. The average Bonchev–Trinajstić information content (AvgIpc) is 4.08. The monoisotopic (exact) mass is 872 g/mol. The molecule has 1 fully saturated rings. The van der Waals surface area contributed by atoms with Crippen molar-refractivity contribution in [1.82, 2.24) is 28.2 Å². The van der Waals surface area contributed by atoms with Gasteiger partial charge in [0.05, 0.1) is 55.0 Å². The van der Waals surface area contributed by atoms with Crippen molar-refractivity contribution in [2.45, 2.75) is 30.2 Å². The zero-order valence-electron chi connectivity index (χ0n) is 35.1. The number of methoxy groups -OCH3 is 1. The predicted molar refractivity (Wildman–Crippen MR) is 238 cm³/mol. The molecule has 0 bridgehead atoms. The van der Waals surface area contributed by atoms with Gasteiger partial charge in [0.15, 0.2) is 17.3 Å². The third kappa shape index (κ3) is 8.73. The van der Waals surface area contributed by atoms with E-state index < -0.39 is 11.8 Å². The highest BCUT2D eigenvalue weighted by atomic mass is 32.2. The normalized spacial score (nSPS) is 14.4. The molecule has 2 aromatic carbocycles. The van der Waals surface area contributed by atoms with Gasteiger partial charge in [-0.25, -0.2) is 4.98 Å². The van der Waals surface area contributed by atoms with Crippen molar-refractivity contribution in [1.29, 1.82) is 0 Å². The zero-order chi connectivity index (χ0) is 44.5. The number of anilines is 3. The van der Waals surface area contributed by atoms with Crippen LogP contribution in [0.1, 0.15) is 61.2 Å². The summed E-state index contributed by atoms with van der Waals surface area (Å²) in [6.07, 6.45) is 9.34. The number of ether oxygens (including phenoxy) is 2. The molecule has 2 aliphatic heterocycles. The second-order valence-corrected chi connectivity index (χ2v) is 16.1. The maximum Gasteiger partial charge on any atom is 0.291 e. The van der Waals surface area contributed by atoms with Gasteiger partial charge in [-0.05, 0) is 55.3 Å². The summed E-state index contributed by atoms with van der Waals surface area (Å²) in [6, 6.07) is 13.8. The van der Waals surface area contributed by atoms with Crippen molar-refractivity contribution in [2.75, 3.05) is 43.3 Å². The van der Waals surface area contributed by atoms with Crippen molar-refractivity contribution < 1.29 is 37.6 Å². The maximum atomic E-state index is 13.6. The van der Waals surface area contributed by atoms with Crippen LogP contribution in [-0.4, -0.2) is 97.3 Å². The largest absolute Gasteiger partial charge is 0.493 e. The lowest BCUT2D eigenvalue weighted by molar-refractivity contribution is -0.116. The Labute approximate surface area is 365 Å². The number of imidazole rings is 1. The van der Waals surface area contributed by atoms with Crippen LogP contribution in [0.5, 0.6) is 11.5 Å². The molecule has 324 valence electrons. The molecule has 19 heteroatoms. The number of carbonyl (C=O) groups excluding carboxylic acids is 5. The number of nitrogens with one attached hydrogen (secondary N) is 3. The summed E-state index contributed by atoms with van der Waals surface area (Å²) >= 11 is 1.24. The summed E-state index contributed by atoms with van der Waals surface area (Å²) in [6.45, 7) is 4.68. The Balaban J connectivity index is 0.834. The van der Waals surface area contributed by atoms with Gasteiger partial charge in [-0.2, -0.15) is 0 Å². The Morgan fingerprint density at radius 3 is 2.38 bits per heavy atom. The summed E-state index contributed by atoms with van der Waals surface area (Å²) in [5.74, 6) is -0.786. The summed E-state index contributed by atoms with van der Waals surface area (Å²) < 4.78 is 22.9. The van der Waals surface area contributed by atoms with Gasteiger partial charge in [-0.1, -0.05) is 12.2 Å². The lowest BCUT2D eigenvalue weighted by Gasteiger charge is -2.20. The second kappa shape index (κ2) is 17.5. The predicted octanol–water partition coefficient (Wildman–Crippen LogP) is 6.19. The fourth-order valence-electron chi connectivity index (χ4n) is 7.62. The Kier molecular flexibility index (Phi) is 11.8. The van der Waals surface area contributed by atoms with Crippen LogP contribution >= 0.6 is 12.0 Å². The highest BCUT2D eigenvalue weighted by molar-refractivity contribution is 7.94. The van der Waals surface area contributed by atoms with Crippen LogP contribution in [0.15, 0.2) is 95.4 Å². The topological polar surface area (TPSA) is 197 Å². The Morgan fingerprint density at radius 1 is 0.873 bits per heavy atom. The van der Waals surface area contributed by atoms with Crippen LogP contribution in [0, 0.1) is 0 Å². The Morgan fingerprint density at radius 2 is 1.62 bits per heavy atom. The van der Waals surface area contributed by atoms with E-state index >= 15 is 0 Å². The third-order valence-electron chi connectivity index (χ3n) is 10.6. The number of benzene rings is 2. The first-order chi connectivity index (χ1) is 30.3. The minimum Gasteiger partial charge on any atom is -0.493 e. The highest BCUT2D eigenvalue weighted by Crippen LogP contribution is 2.38. The lowest BCUT2D eigenvalue weighted by Crippen LogP contribution is -2.35. The standard InChI is InChI=1S/C44H44N10O8S/c1-25-14-29-20-45-32-19-37(36(60-5)18-31(32)43(58)54(29)21-25)62-13-7-8-39(55)48-38-24-52(4)40(49-38)42(57)47-27-16-34(50(2)22-27)41(56)46-28-17-35(51(3)23-28)44(59)53-12-11-26-15-30(63-61-6)9-10-33(26)53/h9-12,15-20,22-24,29H,1,7-8,13-14,21H2,2-6H3,(H,46,56)(H,47,57)(H,48,55)/t29-/m0/s1. The number of rotatable bonds is 14. The van der Waals surface area contributed by atoms with Crippen molar-refractivity contribution >= 4 is 81.6 Å². The van der Waals surface area contributed by atoms with Crippen molar-refractivity contribution in [3.05, 3.63) is 108 Å². The number of aryl methyl sites for hydroxylation is 3.